The Labute approximate surface area is 127 Å². The van der Waals surface area contributed by atoms with Crippen LogP contribution in [0.5, 0.6) is 5.75 Å². The zero-order chi connectivity index (χ0) is 15.5. The van der Waals surface area contributed by atoms with Crippen LogP contribution in [0.2, 0.25) is 0 Å². The zero-order valence-electron chi connectivity index (χ0n) is 13.6. The Morgan fingerprint density at radius 1 is 1.29 bits per heavy atom. The lowest BCUT2D eigenvalue weighted by molar-refractivity contribution is -0.121. The van der Waals surface area contributed by atoms with E-state index in [2.05, 4.69) is 26.0 Å². The van der Waals surface area contributed by atoms with Crippen molar-refractivity contribution in [1.29, 1.82) is 0 Å². The summed E-state index contributed by atoms with van der Waals surface area (Å²) in [5.41, 5.74) is 9.64. The SMILES string of the molecule is CCOC1(C(N)c2ccc(C)c(C)c2OC)CCOCC1. The number of hydrogen-bond acceptors (Lipinski definition) is 4. The first-order chi connectivity index (χ1) is 10.1. The molecule has 2 rings (SSSR count). The van der Waals surface area contributed by atoms with Gasteiger partial charge in [0.25, 0.3) is 0 Å². The Balaban J connectivity index is 2.41. The average Bonchev–Trinajstić information content (AvgIpc) is 2.50. The molecular formula is C17H27NO3. The molecule has 118 valence electrons. The minimum absolute atomic E-state index is 0.212. The lowest BCUT2D eigenvalue weighted by Gasteiger charge is -2.42. The van der Waals surface area contributed by atoms with Crippen molar-refractivity contribution < 1.29 is 14.2 Å². The summed E-state index contributed by atoms with van der Waals surface area (Å²) in [4.78, 5) is 0. The van der Waals surface area contributed by atoms with Gasteiger partial charge < -0.3 is 19.9 Å². The fraction of sp³-hybridized carbons (Fsp3) is 0.647. The molecule has 0 aliphatic carbocycles. The van der Waals surface area contributed by atoms with Gasteiger partial charge in [0, 0.05) is 38.2 Å². The molecule has 0 bridgehead atoms. The van der Waals surface area contributed by atoms with Crippen LogP contribution in [0.3, 0.4) is 0 Å². The van der Waals surface area contributed by atoms with Gasteiger partial charge in [0.15, 0.2) is 0 Å². The van der Waals surface area contributed by atoms with Crippen molar-refractivity contribution in [3.63, 3.8) is 0 Å². The summed E-state index contributed by atoms with van der Waals surface area (Å²) in [6, 6.07) is 3.96. The molecule has 1 unspecified atom stereocenters. The minimum Gasteiger partial charge on any atom is -0.496 e. The lowest BCUT2D eigenvalue weighted by Crippen LogP contribution is -2.48. The third-order valence-electron chi connectivity index (χ3n) is 4.58. The number of rotatable bonds is 5. The van der Waals surface area contributed by atoms with Crippen molar-refractivity contribution in [2.75, 3.05) is 26.9 Å². The van der Waals surface area contributed by atoms with Gasteiger partial charge in [-0.2, -0.15) is 0 Å². The first-order valence-electron chi connectivity index (χ1n) is 7.67. The van der Waals surface area contributed by atoms with E-state index in [9.17, 15) is 0 Å². The zero-order valence-corrected chi connectivity index (χ0v) is 13.6. The van der Waals surface area contributed by atoms with Gasteiger partial charge in [0.1, 0.15) is 5.75 Å². The van der Waals surface area contributed by atoms with E-state index in [1.807, 2.05) is 6.92 Å². The van der Waals surface area contributed by atoms with E-state index < -0.39 is 0 Å². The molecule has 4 nitrogen and oxygen atoms in total. The van der Waals surface area contributed by atoms with Crippen molar-refractivity contribution in [2.45, 2.75) is 45.3 Å². The van der Waals surface area contributed by atoms with Gasteiger partial charge in [-0.1, -0.05) is 12.1 Å². The molecule has 1 aromatic carbocycles. The molecule has 0 amide bonds. The molecule has 0 radical (unpaired) electrons. The van der Waals surface area contributed by atoms with Gasteiger partial charge in [-0.25, -0.2) is 0 Å². The summed E-state index contributed by atoms with van der Waals surface area (Å²) in [6.45, 7) is 8.21. The number of hydrogen-bond donors (Lipinski definition) is 1. The summed E-state index contributed by atoms with van der Waals surface area (Å²) >= 11 is 0. The third kappa shape index (κ3) is 3.07. The quantitative estimate of drug-likeness (QED) is 0.907. The third-order valence-corrected chi connectivity index (χ3v) is 4.58. The second-order valence-electron chi connectivity index (χ2n) is 5.72. The molecular weight excluding hydrogens is 266 g/mol. The monoisotopic (exact) mass is 293 g/mol. The molecule has 1 fully saturated rings. The fourth-order valence-electron chi connectivity index (χ4n) is 3.16. The topological polar surface area (TPSA) is 53.7 Å². The second-order valence-corrected chi connectivity index (χ2v) is 5.72. The van der Waals surface area contributed by atoms with Crippen molar-refractivity contribution in [3.05, 3.63) is 28.8 Å². The van der Waals surface area contributed by atoms with Gasteiger partial charge in [0.2, 0.25) is 0 Å². The van der Waals surface area contributed by atoms with Crippen LogP contribution in [-0.2, 0) is 9.47 Å². The largest absolute Gasteiger partial charge is 0.496 e. The van der Waals surface area contributed by atoms with Gasteiger partial charge in [0.05, 0.1) is 18.8 Å². The number of aryl methyl sites for hydroxylation is 1. The second kappa shape index (κ2) is 6.77. The molecule has 0 aromatic heterocycles. The Kier molecular flexibility index (Phi) is 5.25. The van der Waals surface area contributed by atoms with Gasteiger partial charge >= 0.3 is 0 Å². The molecule has 4 heteroatoms. The summed E-state index contributed by atoms with van der Waals surface area (Å²) in [6.07, 6.45) is 1.64. The minimum atomic E-state index is -0.359. The summed E-state index contributed by atoms with van der Waals surface area (Å²) in [5.74, 6) is 0.882. The molecule has 0 spiro atoms. The van der Waals surface area contributed by atoms with Crippen molar-refractivity contribution >= 4 is 0 Å². The molecule has 0 saturated carbocycles. The van der Waals surface area contributed by atoms with Crippen molar-refractivity contribution in [3.8, 4) is 5.75 Å². The summed E-state index contributed by atoms with van der Waals surface area (Å²) in [5, 5.41) is 0. The fourth-order valence-corrected chi connectivity index (χ4v) is 3.16. The van der Waals surface area contributed by atoms with E-state index in [0.29, 0.717) is 19.8 Å². The van der Waals surface area contributed by atoms with Crippen molar-refractivity contribution in [1.82, 2.24) is 0 Å². The van der Waals surface area contributed by atoms with Crippen LogP contribution in [0.4, 0.5) is 0 Å². The van der Waals surface area contributed by atoms with E-state index in [0.717, 1.165) is 29.7 Å². The standard InChI is InChI=1S/C17H27NO3/c1-5-21-17(8-10-20-11-9-17)16(18)14-7-6-12(2)13(3)15(14)19-4/h6-7,16H,5,8-11,18H2,1-4H3. The Morgan fingerprint density at radius 2 is 1.95 bits per heavy atom. The van der Waals surface area contributed by atoms with Crippen LogP contribution in [0.1, 0.15) is 42.5 Å². The van der Waals surface area contributed by atoms with Gasteiger partial charge in [-0.3, -0.25) is 0 Å². The maximum absolute atomic E-state index is 6.63. The molecule has 1 saturated heterocycles. The van der Waals surface area contributed by atoms with Crippen LogP contribution in [0.25, 0.3) is 0 Å². The van der Waals surface area contributed by atoms with Crippen molar-refractivity contribution in [2.24, 2.45) is 5.73 Å². The van der Waals surface area contributed by atoms with Gasteiger partial charge in [-0.05, 0) is 31.9 Å². The van der Waals surface area contributed by atoms with Crippen LogP contribution >= 0.6 is 0 Å². The molecule has 2 N–H and O–H groups in total. The highest BCUT2D eigenvalue weighted by atomic mass is 16.5. The smallest absolute Gasteiger partial charge is 0.126 e. The van der Waals surface area contributed by atoms with E-state index in [1.54, 1.807) is 7.11 Å². The summed E-state index contributed by atoms with van der Waals surface area (Å²) in [7, 11) is 1.70. The molecule has 21 heavy (non-hydrogen) atoms. The first-order valence-corrected chi connectivity index (χ1v) is 7.67. The van der Waals surface area contributed by atoms with Crippen LogP contribution in [0, 0.1) is 13.8 Å². The normalized spacial score (nSPS) is 19.3. The molecule has 1 heterocycles. The van der Waals surface area contributed by atoms with E-state index in [-0.39, 0.29) is 11.6 Å². The van der Waals surface area contributed by atoms with Crippen LogP contribution in [0.15, 0.2) is 12.1 Å². The van der Waals surface area contributed by atoms with E-state index >= 15 is 0 Å². The maximum Gasteiger partial charge on any atom is 0.126 e. The Morgan fingerprint density at radius 3 is 2.52 bits per heavy atom. The van der Waals surface area contributed by atoms with E-state index in [1.165, 1.54) is 5.56 Å². The van der Waals surface area contributed by atoms with E-state index in [4.69, 9.17) is 19.9 Å². The predicted molar refractivity (Wildman–Crippen MR) is 83.8 cm³/mol. The number of ether oxygens (including phenoxy) is 3. The maximum atomic E-state index is 6.63. The Hall–Kier alpha value is -1.10. The highest BCUT2D eigenvalue weighted by molar-refractivity contribution is 5.47. The van der Waals surface area contributed by atoms with Gasteiger partial charge in [-0.15, -0.1) is 0 Å². The lowest BCUT2D eigenvalue weighted by atomic mass is 9.81. The average molecular weight is 293 g/mol. The van der Waals surface area contributed by atoms with Crippen LogP contribution < -0.4 is 10.5 Å². The molecule has 1 aromatic rings. The highest BCUT2D eigenvalue weighted by Crippen LogP contribution is 2.41. The first kappa shape index (κ1) is 16.3. The summed E-state index contributed by atoms with van der Waals surface area (Å²) < 4.78 is 17.2. The molecule has 1 aliphatic rings. The van der Waals surface area contributed by atoms with Crippen LogP contribution in [-0.4, -0.2) is 32.5 Å². The molecule has 1 aliphatic heterocycles. The Bertz CT molecular complexity index is 476. The highest BCUT2D eigenvalue weighted by Gasteiger charge is 2.41. The number of benzene rings is 1. The number of methoxy groups -OCH3 is 1. The predicted octanol–water partition coefficient (Wildman–Crippen LogP) is 2.90. The molecule has 1 atom stereocenters. The number of nitrogens with two attached hydrogens (primary N) is 1.